The van der Waals surface area contributed by atoms with E-state index in [1.807, 2.05) is 24.3 Å². The van der Waals surface area contributed by atoms with Crippen molar-refractivity contribution in [3.05, 3.63) is 35.4 Å². The van der Waals surface area contributed by atoms with Crippen molar-refractivity contribution >= 4 is 5.97 Å². The fourth-order valence-electron chi connectivity index (χ4n) is 1.74. The Morgan fingerprint density at radius 2 is 2.31 bits per heavy atom. The zero-order chi connectivity index (χ0) is 11.5. The van der Waals surface area contributed by atoms with E-state index in [9.17, 15) is 4.79 Å². The highest BCUT2D eigenvalue weighted by atomic mass is 16.5. The molecule has 1 aromatic rings. The van der Waals surface area contributed by atoms with Crippen LogP contribution in [-0.2, 0) is 16.0 Å². The van der Waals surface area contributed by atoms with Gasteiger partial charge in [-0.1, -0.05) is 24.3 Å². The van der Waals surface area contributed by atoms with Crippen molar-refractivity contribution in [2.75, 3.05) is 13.2 Å². The molecule has 86 valence electrons. The van der Waals surface area contributed by atoms with Crippen LogP contribution in [0.15, 0.2) is 24.3 Å². The van der Waals surface area contributed by atoms with Crippen LogP contribution in [0, 0.1) is 0 Å². The number of nitrogens with two attached hydrogens (primary N) is 1. The Kier molecular flexibility index (Phi) is 3.22. The second-order valence-corrected chi connectivity index (χ2v) is 4.13. The van der Waals surface area contributed by atoms with E-state index in [0.717, 1.165) is 18.8 Å². The van der Waals surface area contributed by atoms with Crippen molar-refractivity contribution in [2.24, 2.45) is 5.73 Å². The highest BCUT2D eigenvalue weighted by Gasteiger charge is 2.21. The third-order valence-corrected chi connectivity index (χ3v) is 2.83. The molecule has 0 bridgehead atoms. The fraction of sp³-hybridized carbons (Fsp3) is 0.417. The minimum absolute atomic E-state index is 0.372. The van der Waals surface area contributed by atoms with Crippen molar-refractivity contribution < 1.29 is 14.6 Å². The summed E-state index contributed by atoms with van der Waals surface area (Å²) in [7, 11) is 0. The number of hydrogen-bond donors (Lipinski definition) is 2. The molecule has 0 radical (unpaired) electrons. The fourth-order valence-corrected chi connectivity index (χ4v) is 1.74. The maximum Gasteiger partial charge on any atom is 0.320 e. The van der Waals surface area contributed by atoms with Crippen LogP contribution in [0.25, 0.3) is 0 Å². The van der Waals surface area contributed by atoms with Gasteiger partial charge in [0.1, 0.15) is 6.04 Å². The van der Waals surface area contributed by atoms with Crippen LogP contribution < -0.4 is 5.73 Å². The first-order valence-corrected chi connectivity index (χ1v) is 5.32. The number of rotatable bonds is 4. The van der Waals surface area contributed by atoms with Gasteiger partial charge in [-0.2, -0.15) is 0 Å². The summed E-state index contributed by atoms with van der Waals surface area (Å²) in [6.45, 7) is 1.52. The Hall–Kier alpha value is -1.39. The number of benzene rings is 1. The summed E-state index contributed by atoms with van der Waals surface area (Å²) in [5.41, 5.74) is 7.68. The lowest BCUT2D eigenvalue weighted by atomic mass is 9.94. The second-order valence-electron chi connectivity index (χ2n) is 4.13. The van der Waals surface area contributed by atoms with Gasteiger partial charge in [-0.15, -0.1) is 0 Å². The molecule has 3 N–H and O–H groups in total. The zero-order valence-corrected chi connectivity index (χ0v) is 8.93. The summed E-state index contributed by atoms with van der Waals surface area (Å²) < 4.78 is 5.13. The molecule has 1 heterocycles. The quantitative estimate of drug-likeness (QED) is 0.787. The lowest BCUT2D eigenvalue weighted by Gasteiger charge is -2.26. The minimum atomic E-state index is -0.961. The molecule has 1 unspecified atom stereocenters. The van der Waals surface area contributed by atoms with Crippen LogP contribution in [0.2, 0.25) is 0 Å². The van der Waals surface area contributed by atoms with Gasteiger partial charge in [0.2, 0.25) is 0 Å². The number of ether oxygens (including phenoxy) is 1. The molecular weight excluding hydrogens is 206 g/mol. The first kappa shape index (κ1) is 11.1. The first-order valence-electron chi connectivity index (χ1n) is 5.32. The van der Waals surface area contributed by atoms with Crippen LogP contribution in [0.5, 0.6) is 0 Å². The Morgan fingerprint density at radius 1 is 1.56 bits per heavy atom. The molecule has 1 atom stereocenters. The molecule has 2 rings (SSSR count). The predicted octanol–water partition coefficient (Wildman–Crippen LogP) is 0.755. The topological polar surface area (TPSA) is 72.5 Å². The van der Waals surface area contributed by atoms with Gasteiger partial charge >= 0.3 is 5.97 Å². The van der Waals surface area contributed by atoms with E-state index >= 15 is 0 Å². The third-order valence-electron chi connectivity index (χ3n) is 2.83. The monoisotopic (exact) mass is 221 g/mol. The van der Waals surface area contributed by atoms with Crippen molar-refractivity contribution in [3.8, 4) is 0 Å². The number of carboxylic acids is 1. The Morgan fingerprint density at radius 3 is 2.88 bits per heavy atom. The van der Waals surface area contributed by atoms with E-state index in [-0.39, 0.29) is 0 Å². The highest BCUT2D eigenvalue weighted by Crippen LogP contribution is 2.24. The smallest absolute Gasteiger partial charge is 0.320 e. The number of aliphatic carboxylic acids is 1. The van der Waals surface area contributed by atoms with Crippen molar-refractivity contribution in [3.63, 3.8) is 0 Å². The SMILES string of the molecule is NC(Cc1cccc(C2COC2)c1)C(=O)O. The first-order chi connectivity index (χ1) is 7.66. The van der Waals surface area contributed by atoms with Gasteiger partial charge in [0, 0.05) is 5.92 Å². The van der Waals surface area contributed by atoms with Gasteiger partial charge in [0.15, 0.2) is 0 Å². The van der Waals surface area contributed by atoms with E-state index in [0.29, 0.717) is 12.3 Å². The number of carboxylic acid groups (broad SMARTS) is 1. The maximum atomic E-state index is 10.6. The molecule has 4 heteroatoms. The average molecular weight is 221 g/mol. The molecule has 1 aliphatic rings. The van der Waals surface area contributed by atoms with Gasteiger partial charge in [-0.05, 0) is 17.5 Å². The molecule has 0 spiro atoms. The Labute approximate surface area is 94.0 Å². The van der Waals surface area contributed by atoms with E-state index in [1.54, 1.807) is 0 Å². The van der Waals surface area contributed by atoms with Gasteiger partial charge < -0.3 is 15.6 Å². The van der Waals surface area contributed by atoms with Crippen LogP contribution >= 0.6 is 0 Å². The van der Waals surface area contributed by atoms with E-state index in [2.05, 4.69) is 0 Å². The standard InChI is InChI=1S/C12H15NO3/c13-11(12(14)15)5-8-2-1-3-9(4-8)10-6-16-7-10/h1-4,10-11H,5-7,13H2,(H,14,15). The normalized spacial score (nSPS) is 17.8. The summed E-state index contributed by atoms with van der Waals surface area (Å²) in [5.74, 6) is -0.501. The van der Waals surface area contributed by atoms with Crippen molar-refractivity contribution in [1.82, 2.24) is 0 Å². The summed E-state index contributed by atoms with van der Waals surface area (Å²) in [6, 6.07) is 7.09. The van der Waals surface area contributed by atoms with Gasteiger partial charge in [-0.25, -0.2) is 0 Å². The summed E-state index contributed by atoms with van der Waals surface area (Å²) in [4.78, 5) is 10.6. The molecule has 4 nitrogen and oxygen atoms in total. The number of hydrogen-bond acceptors (Lipinski definition) is 3. The van der Waals surface area contributed by atoms with Crippen LogP contribution in [-0.4, -0.2) is 30.3 Å². The molecule has 1 aromatic carbocycles. The zero-order valence-electron chi connectivity index (χ0n) is 8.93. The third kappa shape index (κ3) is 2.40. The molecular formula is C12H15NO3. The summed E-state index contributed by atoms with van der Waals surface area (Å²) >= 11 is 0. The molecule has 0 amide bonds. The summed E-state index contributed by atoms with van der Waals surface area (Å²) in [5, 5.41) is 8.73. The van der Waals surface area contributed by atoms with Gasteiger partial charge in [-0.3, -0.25) is 4.79 Å². The molecule has 16 heavy (non-hydrogen) atoms. The lowest BCUT2D eigenvalue weighted by Crippen LogP contribution is -2.32. The Bertz CT molecular complexity index is 388. The van der Waals surface area contributed by atoms with Crippen molar-refractivity contribution in [2.45, 2.75) is 18.4 Å². The average Bonchev–Trinajstić information content (AvgIpc) is 2.15. The van der Waals surface area contributed by atoms with E-state index in [1.165, 1.54) is 5.56 Å². The molecule has 1 saturated heterocycles. The maximum absolute atomic E-state index is 10.6. The second kappa shape index (κ2) is 4.63. The molecule has 0 saturated carbocycles. The number of carbonyl (C=O) groups is 1. The molecule has 0 aliphatic carbocycles. The molecule has 1 aliphatic heterocycles. The van der Waals surface area contributed by atoms with E-state index in [4.69, 9.17) is 15.6 Å². The summed E-state index contributed by atoms with van der Waals surface area (Å²) in [6.07, 6.45) is 0.372. The molecule has 1 fully saturated rings. The Balaban J connectivity index is 2.06. The van der Waals surface area contributed by atoms with Crippen LogP contribution in [0.3, 0.4) is 0 Å². The largest absolute Gasteiger partial charge is 0.480 e. The van der Waals surface area contributed by atoms with Crippen LogP contribution in [0.4, 0.5) is 0 Å². The highest BCUT2D eigenvalue weighted by molar-refractivity contribution is 5.73. The van der Waals surface area contributed by atoms with Crippen molar-refractivity contribution in [1.29, 1.82) is 0 Å². The minimum Gasteiger partial charge on any atom is -0.480 e. The van der Waals surface area contributed by atoms with Crippen LogP contribution in [0.1, 0.15) is 17.0 Å². The molecule has 0 aromatic heterocycles. The lowest BCUT2D eigenvalue weighted by molar-refractivity contribution is -0.138. The van der Waals surface area contributed by atoms with Gasteiger partial charge in [0.05, 0.1) is 13.2 Å². The predicted molar refractivity (Wildman–Crippen MR) is 59.3 cm³/mol. The van der Waals surface area contributed by atoms with E-state index < -0.39 is 12.0 Å². The van der Waals surface area contributed by atoms with Gasteiger partial charge in [0.25, 0.3) is 0 Å².